The number of allylic oxidation sites excluding steroid dienone is 4. The maximum Gasteiger partial charge on any atom is 0.261 e. The smallest absolute Gasteiger partial charge is 0.261 e. The number of anilines is 1. The molecule has 0 spiro atoms. The van der Waals surface area contributed by atoms with Crippen LogP contribution in [0.5, 0.6) is 0 Å². The van der Waals surface area contributed by atoms with Gasteiger partial charge in [-0.1, -0.05) is 70.1 Å². The van der Waals surface area contributed by atoms with E-state index in [1.165, 1.54) is 48.9 Å². The number of ether oxygens (including phenoxy) is 1. The van der Waals surface area contributed by atoms with E-state index < -0.39 is 0 Å². The van der Waals surface area contributed by atoms with E-state index in [2.05, 4.69) is 103 Å². The monoisotopic (exact) mass is 764 g/mol. The summed E-state index contributed by atoms with van der Waals surface area (Å²) in [6, 6.07) is 6.51. The van der Waals surface area contributed by atoms with Crippen molar-refractivity contribution in [2.24, 2.45) is 23.7 Å². The lowest BCUT2D eigenvalue weighted by Crippen LogP contribution is -2.63. The highest BCUT2D eigenvalue weighted by molar-refractivity contribution is 7.98. The van der Waals surface area contributed by atoms with Gasteiger partial charge in [-0.3, -0.25) is 19.3 Å². The molecule has 3 heterocycles. The molecule has 2 aliphatic carbocycles. The van der Waals surface area contributed by atoms with Crippen LogP contribution >= 0.6 is 23.5 Å². The number of amides is 1. The average Bonchev–Trinajstić information content (AvgIpc) is 3.30. The largest absolute Gasteiger partial charge is 0.373 e. The highest BCUT2D eigenvalue weighted by Gasteiger charge is 2.49. The first-order chi connectivity index (χ1) is 25.5. The van der Waals surface area contributed by atoms with Gasteiger partial charge in [0.15, 0.2) is 0 Å². The SMILES string of the molecule is CCCCC1=C([C@@H]2CCc3ccc4cc3N(C2)C[C@@H]2CC[C@H]2[C@@](CN2CCN(CCC)C(C)(C)C2)(OC)/C=C/C[C@H](C)[C@@H](C)SNC4=O)C=CC(Cl)C1. The Kier molecular flexibility index (Phi) is 13.9. The summed E-state index contributed by atoms with van der Waals surface area (Å²) >= 11 is 8.31. The summed E-state index contributed by atoms with van der Waals surface area (Å²) in [5.74, 6) is 1.78. The number of piperazine rings is 1. The number of alkyl halides is 1. The second kappa shape index (κ2) is 18.0. The van der Waals surface area contributed by atoms with Gasteiger partial charge in [-0.15, -0.1) is 11.6 Å². The van der Waals surface area contributed by atoms with Gasteiger partial charge in [-0.2, -0.15) is 0 Å². The Morgan fingerprint density at radius 2 is 1.91 bits per heavy atom. The number of halogens is 1. The molecule has 1 amide bonds. The third-order valence-corrected chi connectivity index (χ3v) is 15.0. The summed E-state index contributed by atoms with van der Waals surface area (Å²) in [6.07, 6.45) is 20.7. The van der Waals surface area contributed by atoms with Gasteiger partial charge in [-0.25, -0.2) is 0 Å². The van der Waals surface area contributed by atoms with Crippen LogP contribution in [0.2, 0.25) is 0 Å². The Hall–Kier alpha value is -1.77. The van der Waals surface area contributed by atoms with Crippen LogP contribution in [0.4, 0.5) is 5.69 Å². The Balaban J connectivity index is 1.36. The predicted molar refractivity (Wildman–Crippen MR) is 226 cm³/mol. The van der Waals surface area contributed by atoms with Crippen LogP contribution in [0.3, 0.4) is 0 Å². The summed E-state index contributed by atoms with van der Waals surface area (Å²) in [5, 5.41) is 0.370. The average molecular weight is 766 g/mol. The van der Waals surface area contributed by atoms with Gasteiger partial charge < -0.3 is 9.64 Å². The molecule has 5 aliphatic rings. The third kappa shape index (κ3) is 9.44. The summed E-state index contributed by atoms with van der Waals surface area (Å²) in [4.78, 5) is 21.7. The maximum absolute atomic E-state index is 13.6. The van der Waals surface area contributed by atoms with Crippen LogP contribution in [-0.2, 0) is 11.2 Å². The predicted octanol–water partition coefficient (Wildman–Crippen LogP) is 9.69. The second-order valence-corrected chi connectivity index (χ2v) is 19.5. The number of nitrogens with zero attached hydrogens (tertiary/aromatic N) is 3. The Morgan fingerprint density at radius 3 is 2.62 bits per heavy atom. The maximum atomic E-state index is 13.6. The molecule has 1 unspecified atom stereocenters. The molecule has 0 radical (unpaired) electrons. The number of hydrogen-bond donors (Lipinski definition) is 1. The first kappa shape index (κ1) is 40.9. The number of unbranched alkanes of at least 4 members (excludes halogenated alkanes) is 1. The van der Waals surface area contributed by atoms with Crippen molar-refractivity contribution < 1.29 is 9.53 Å². The molecule has 1 aromatic rings. The van der Waals surface area contributed by atoms with Crippen molar-refractivity contribution in [3.05, 3.63) is 64.8 Å². The van der Waals surface area contributed by atoms with Gasteiger partial charge >= 0.3 is 0 Å². The normalized spacial score (nSPS) is 33.5. The second-order valence-electron chi connectivity index (χ2n) is 17.7. The first-order valence-electron chi connectivity index (χ1n) is 21.0. The summed E-state index contributed by atoms with van der Waals surface area (Å²) < 4.78 is 10.1. The summed E-state index contributed by atoms with van der Waals surface area (Å²) in [5.41, 5.74) is 6.26. The number of nitrogens with one attached hydrogen (secondary N) is 1. The van der Waals surface area contributed by atoms with Crippen molar-refractivity contribution in [2.45, 2.75) is 128 Å². The molecule has 1 saturated heterocycles. The lowest BCUT2D eigenvalue weighted by atomic mass is 9.63. The highest BCUT2D eigenvalue weighted by Crippen LogP contribution is 2.47. The molecule has 1 saturated carbocycles. The fraction of sp³-hybridized carbons (Fsp3) is 0.711. The Labute approximate surface area is 331 Å². The first-order valence-corrected chi connectivity index (χ1v) is 22.4. The van der Waals surface area contributed by atoms with Crippen LogP contribution in [0.25, 0.3) is 0 Å². The zero-order chi connectivity index (χ0) is 37.8. The van der Waals surface area contributed by atoms with E-state index in [0.29, 0.717) is 23.7 Å². The van der Waals surface area contributed by atoms with Crippen LogP contribution in [-0.4, -0.2) is 90.4 Å². The summed E-state index contributed by atoms with van der Waals surface area (Å²) in [6.45, 7) is 21.3. The van der Waals surface area contributed by atoms with Crippen LogP contribution in [0, 0.1) is 23.7 Å². The molecule has 0 aromatic heterocycles. The zero-order valence-electron chi connectivity index (χ0n) is 34.0. The van der Waals surface area contributed by atoms with Crippen molar-refractivity contribution in [3.8, 4) is 0 Å². The van der Waals surface area contributed by atoms with Crippen LogP contribution < -0.4 is 9.62 Å². The molecule has 53 heavy (non-hydrogen) atoms. The standard InChI is InChI=1S/C45H69ClN4O2S/c1-8-10-13-35-26-39(46)19-20-40(35)37-17-15-34-14-16-36-27-42(34)49(28-37)29-38-18-21-41(38)45(52-7,22-11-12-32(3)33(4)53-47-43(36)51)31-48-24-25-50(23-9-2)44(5,6)30-48/h11,14,16,19-20,22,27,32-33,37-39,41H,8-10,12-13,15,17-18,21,23-26,28-31H2,1-7H3,(H,47,51)/b22-11+/t32-,33+,37+,38-,39?,41+,45+/m0/s1. The lowest BCUT2D eigenvalue weighted by Gasteiger charge is -2.54. The van der Waals surface area contributed by atoms with Gasteiger partial charge in [0.25, 0.3) is 5.91 Å². The Bertz CT molecular complexity index is 1510. The quantitative estimate of drug-likeness (QED) is 0.154. The molecule has 294 valence electrons. The molecule has 2 bridgehead atoms. The molecule has 6 nitrogen and oxygen atoms in total. The minimum absolute atomic E-state index is 0.00930. The number of fused-ring (bicyclic) bond motifs is 2. The fourth-order valence-electron chi connectivity index (χ4n) is 9.98. The number of rotatable bonds is 9. The van der Waals surface area contributed by atoms with Gasteiger partial charge in [0, 0.05) is 74.3 Å². The number of aryl methyl sites for hydroxylation is 1. The van der Waals surface area contributed by atoms with E-state index in [9.17, 15) is 4.79 Å². The van der Waals surface area contributed by atoms with Crippen LogP contribution in [0.1, 0.15) is 115 Å². The molecule has 6 rings (SSSR count). The van der Waals surface area contributed by atoms with Gasteiger partial charge in [0.05, 0.1) is 5.38 Å². The van der Waals surface area contributed by atoms with E-state index >= 15 is 0 Å². The lowest BCUT2D eigenvalue weighted by molar-refractivity contribution is -0.104. The van der Waals surface area contributed by atoms with E-state index in [1.54, 1.807) is 17.5 Å². The number of hydrogen-bond acceptors (Lipinski definition) is 6. The number of carbonyl (C=O) groups is 1. The molecule has 1 N–H and O–H groups in total. The molecule has 2 fully saturated rings. The number of methoxy groups -OCH3 is 1. The number of benzene rings is 1. The van der Waals surface area contributed by atoms with Gasteiger partial charge in [0.2, 0.25) is 0 Å². The molecule has 3 aliphatic heterocycles. The molecule has 1 aromatic carbocycles. The van der Waals surface area contributed by atoms with Crippen LogP contribution in [0.15, 0.2) is 53.6 Å². The minimum Gasteiger partial charge on any atom is -0.373 e. The van der Waals surface area contributed by atoms with E-state index in [0.717, 1.165) is 83.5 Å². The van der Waals surface area contributed by atoms with Gasteiger partial charge in [0.1, 0.15) is 5.60 Å². The molecular weight excluding hydrogens is 696 g/mol. The van der Waals surface area contributed by atoms with Crippen molar-refractivity contribution in [2.75, 3.05) is 57.8 Å². The van der Waals surface area contributed by atoms with E-state index in [1.807, 2.05) is 7.11 Å². The van der Waals surface area contributed by atoms with Crippen molar-refractivity contribution in [3.63, 3.8) is 0 Å². The van der Waals surface area contributed by atoms with Crippen molar-refractivity contribution in [1.82, 2.24) is 14.5 Å². The van der Waals surface area contributed by atoms with Crippen molar-refractivity contribution in [1.29, 1.82) is 0 Å². The van der Waals surface area contributed by atoms with Crippen molar-refractivity contribution >= 4 is 35.1 Å². The molecular formula is C45H69ClN4O2S. The topological polar surface area (TPSA) is 48.1 Å². The minimum atomic E-state index is -0.347. The fourth-order valence-corrected chi connectivity index (χ4v) is 11.0. The highest BCUT2D eigenvalue weighted by atomic mass is 35.5. The van der Waals surface area contributed by atoms with E-state index in [-0.39, 0.29) is 27.7 Å². The molecule has 7 atom stereocenters. The Morgan fingerprint density at radius 1 is 1.08 bits per heavy atom. The van der Waals surface area contributed by atoms with Gasteiger partial charge in [-0.05, 0) is 131 Å². The zero-order valence-corrected chi connectivity index (χ0v) is 35.5. The van der Waals surface area contributed by atoms with E-state index in [4.69, 9.17) is 16.3 Å². The summed E-state index contributed by atoms with van der Waals surface area (Å²) in [7, 11) is 1.97. The molecule has 8 heteroatoms. The third-order valence-electron chi connectivity index (χ3n) is 13.5. The number of carbonyl (C=O) groups excluding carboxylic acids is 1.